The Kier molecular flexibility index (Phi) is 7.01. The Morgan fingerprint density at radius 3 is 2.38 bits per heavy atom. The van der Waals surface area contributed by atoms with Gasteiger partial charge < -0.3 is 4.90 Å². The maximum atomic E-state index is 12.8. The van der Waals surface area contributed by atoms with E-state index in [2.05, 4.69) is 0 Å². The van der Waals surface area contributed by atoms with Crippen LogP contribution in [0.4, 0.5) is 0 Å². The molecule has 6 heteroatoms. The van der Waals surface area contributed by atoms with Crippen molar-refractivity contribution in [3.8, 4) is 0 Å². The molecule has 3 rings (SSSR count). The van der Waals surface area contributed by atoms with Gasteiger partial charge >= 0.3 is 0 Å². The summed E-state index contributed by atoms with van der Waals surface area (Å²) in [5, 5.41) is 0. The molecule has 2 aromatic rings. The maximum absolute atomic E-state index is 12.8. The molecule has 0 saturated carbocycles. The van der Waals surface area contributed by atoms with Crippen molar-refractivity contribution in [3.63, 3.8) is 0 Å². The highest BCUT2D eigenvalue weighted by Crippen LogP contribution is 2.32. The molecule has 2 aromatic carbocycles. The third kappa shape index (κ3) is 5.65. The van der Waals surface area contributed by atoms with Crippen molar-refractivity contribution >= 4 is 46.2 Å². The van der Waals surface area contributed by atoms with Crippen LogP contribution in [0.3, 0.4) is 0 Å². The number of nitrogens with zero attached hydrogens (tertiary/aromatic N) is 2. The number of benzene rings is 2. The summed E-state index contributed by atoms with van der Waals surface area (Å²) in [5.41, 5.74) is 3.05. The molecular formula is C23H22N2O2S2. The number of thiocarbonyl (C=S) groups is 1. The van der Waals surface area contributed by atoms with Crippen LogP contribution in [0.1, 0.15) is 18.1 Å². The highest BCUT2D eigenvalue weighted by molar-refractivity contribution is 8.26. The fraction of sp³-hybridized carbons (Fsp3) is 0.174. The van der Waals surface area contributed by atoms with Gasteiger partial charge in [0, 0.05) is 13.6 Å². The fourth-order valence-corrected chi connectivity index (χ4v) is 4.20. The summed E-state index contributed by atoms with van der Waals surface area (Å²) in [6, 6.07) is 19.6. The van der Waals surface area contributed by atoms with Crippen LogP contribution in [0.2, 0.25) is 0 Å². The Morgan fingerprint density at radius 2 is 1.72 bits per heavy atom. The van der Waals surface area contributed by atoms with Crippen molar-refractivity contribution < 1.29 is 9.59 Å². The van der Waals surface area contributed by atoms with Gasteiger partial charge in [0.15, 0.2) is 0 Å². The molecule has 0 unspecified atom stereocenters. The molecule has 1 saturated heterocycles. The average molecular weight is 423 g/mol. The van der Waals surface area contributed by atoms with Crippen molar-refractivity contribution in [2.45, 2.75) is 13.5 Å². The van der Waals surface area contributed by atoms with Gasteiger partial charge in [-0.1, -0.05) is 90.7 Å². The number of likely N-dealkylation sites (N-methyl/N-ethyl adjacent to an activating group) is 1. The Morgan fingerprint density at radius 1 is 1.10 bits per heavy atom. The molecule has 0 aliphatic carbocycles. The van der Waals surface area contributed by atoms with Gasteiger partial charge in [-0.15, -0.1) is 0 Å². The Bertz CT molecular complexity index is 969. The third-order valence-corrected chi connectivity index (χ3v) is 5.79. The van der Waals surface area contributed by atoms with Crippen molar-refractivity contribution in [3.05, 3.63) is 88.3 Å². The van der Waals surface area contributed by atoms with Gasteiger partial charge in [-0.25, -0.2) is 0 Å². The van der Waals surface area contributed by atoms with Crippen LogP contribution in [0.15, 0.2) is 77.2 Å². The first-order chi connectivity index (χ1) is 13.9. The van der Waals surface area contributed by atoms with E-state index in [1.807, 2.05) is 79.7 Å². The SMILES string of the molecule is CC(/C=C1\SC(=S)N(CC(=O)N(C)Cc2ccccc2)C1=O)=C\c1ccccc1. The number of hydrogen-bond donors (Lipinski definition) is 0. The van der Waals surface area contributed by atoms with Gasteiger partial charge in [-0.2, -0.15) is 0 Å². The van der Waals surface area contributed by atoms with Gasteiger partial charge in [0.25, 0.3) is 5.91 Å². The third-order valence-electron chi connectivity index (χ3n) is 4.41. The van der Waals surface area contributed by atoms with Gasteiger partial charge in [0.2, 0.25) is 5.91 Å². The molecule has 0 bridgehead atoms. The Hall–Kier alpha value is -2.70. The summed E-state index contributed by atoms with van der Waals surface area (Å²) < 4.78 is 0.412. The summed E-state index contributed by atoms with van der Waals surface area (Å²) >= 11 is 6.58. The minimum atomic E-state index is -0.220. The summed E-state index contributed by atoms with van der Waals surface area (Å²) in [6.07, 6.45) is 3.83. The molecule has 0 atom stereocenters. The zero-order valence-electron chi connectivity index (χ0n) is 16.4. The number of carbonyl (C=O) groups is 2. The molecule has 0 aromatic heterocycles. The predicted molar refractivity (Wildman–Crippen MR) is 123 cm³/mol. The largest absolute Gasteiger partial charge is 0.340 e. The van der Waals surface area contributed by atoms with Crippen molar-refractivity contribution in [2.24, 2.45) is 0 Å². The molecule has 1 heterocycles. The second kappa shape index (κ2) is 9.67. The van der Waals surface area contributed by atoms with Crippen LogP contribution in [0, 0.1) is 0 Å². The molecule has 0 N–H and O–H groups in total. The fourth-order valence-electron chi connectivity index (χ4n) is 2.90. The van der Waals surface area contributed by atoms with E-state index in [4.69, 9.17) is 12.2 Å². The van der Waals surface area contributed by atoms with Crippen LogP contribution in [-0.2, 0) is 16.1 Å². The zero-order chi connectivity index (χ0) is 20.8. The van der Waals surface area contributed by atoms with Gasteiger partial charge in [0.05, 0.1) is 4.91 Å². The van der Waals surface area contributed by atoms with Crippen LogP contribution >= 0.6 is 24.0 Å². The van der Waals surface area contributed by atoms with E-state index in [1.54, 1.807) is 11.9 Å². The van der Waals surface area contributed by atoms with Crippen molar-refractivity contribution in [1.29, 1.82) is 0 Å². The van der Waals surface area contributed by atoms with Gasteiger partial charge in [0.1, 0.15) is 10.9 Å². The normalized spacial score (nSPS) is 15.9. The summed E-state index contributed by atoms with van der Waals surface area (Å²) in [5.74, 6) is -0.370. The van der Waals surface area contributed by atoms with Crippen LogP contribution < -0.4 is 0 Å². The minimum absolute atomic E-state index is 0.0488. The quantitative estimate of drug-likeness (QED) is 0.508. The molecule has 1 aliphatic rings. The first-order valence-electron chi connectivity index (χ1n) is 9.20. The molecule has 0 radical (unpaired) electrons. The van der Waals surface area contributed by atoms with Crippen LogP contribution in [0.25, 0.3) is 6.08 Å². The molecule has 1 aliphatic heterocycles. The lowest BCUT2D eigenvalue weighted by molar-refractivity contribution is -0.134. The molecular weight excluding hydrogens is 400 g/mol. The lowest BCUT2D eigenvalue weighted by atomic mass is 10.1. The average Bonchev–Trinajstić information content (AvgIpc) is 2.96. The number of thioether (sulfide) groups is 1. The summed E-state index contributed by atoms with van der Waals surface area (Å²) in [7, 11) is 1.73. The second-order valence-corrected chi connectivity index (χ2v) is 8.48. The zero-order valence-corrected chi connectivity index (χ0v) is 18.0. The molecule has 4 nitrogen and oxygen atoms in total. The lowest BCUT2D eigenvalue weighted by Gasteiger charge is -2.21. The van der Waals surface area contributed by atoms with E-state index in [1.165, 1.54) is 16.7 Å². The standard InChI is InChI=1S/C23H22N2O2S2/c1-17(13-18-9-5-3-6-10-18)14-20-22(27)25(23(28)29-20)16-21(26)24(2)15-19-11-7-4-8-12-19/h3-14H,15-16H2,1-2H3/b17-13+,20-14-. The maximum Gasteiger partial charge on any atom is 0.266 e. The summed E-state index contributed by atoms with van der Waals surface area (Å²) in [6.45, 7) is 2.38. The predicted octanol–water partition coefficient (Wildman–Crippen LogP) is 4.49. The van der Waals surface area contributed by atoms with E-state index in [0.717, 1.165) is 16.7 Å². The first-order valence-corrected chi connectivity index (χ1v) is 10.4. The van der Waals surface area contributed by atoms with E-state index >= 15 is 0 Å². The Balaban J connectivity index is 1.65. The van der Waals surface area contributed by atoms with Crippen LogP contribution in [0.5, 0.6) is 0 Å². The highest BCUT2D eigenvalue weighted by Gasteiger charge is 2.33. The van der Waals surface area contributed by atoms with E-state index in [-0.39, 0.29) is 18.4 Å². The number of hydrogen-bond acceptors (Lipinski definition) is 4. The number of carbonyl (C=O) groups excluding carboxylic acids is 2. The molecule has 148 valence electrons. The smallest absolute Gasteiger partial charge is 0.266 e. The van der Waals surface area contributed by atoms with E-state index in [0.29, 0.717) is 15.8 Å². The van der Waals surface area contributed by atoms with Crippen molar-refractivity contribution in [1.82, 2.24) is 9.80 Å². The minimum Gasteiger partial charge on any atom is -0.340 e. The number of allylic oxidation sites excluding steroid dienone is 2. The lowest BCUT2D eigenvalue weighted by Crippen LogP contribution is -2.40. The van der Waals surface area contributed by atoms with Crippen molar-refractivity contribution in [2.75, 3.05) is 13.6 Å². The highest BCUT2D eigenvalue weighted by atomic mass is 32.2. The molecule has 2 amide bonds. The summed E-state index contributed by atoms with van der Waals surface area (Å²) in [4.78, 5) is 28.9. The van der Waals surface area contributed by atoms with E-state index in [9.17, 15) is 9.59 Å². The second-order valence-electron chi connectivity index (χ2n) is 6.80. The Labute approximate surface area is 180 Å². The van der Waals surface area contributed by atoms with Crippen LogP contribution in [-0.4, -0.2) is 39.5 Å². The van der Waals surface area contributed by atoms with Gasteiger partial charge in [-0.3, -0.25) is 14.5 Å². The first kappa shape index (κ1) is 21.0. The number of rotatable bonds is 6. The molecule has 29 heavy (non-hydrogen) atoms. The molecule has 1 fully saturated rings. The molecule has 0 spiro atoms. The monoisotopic (exact) mass is 422 g/mol. The topological polar surface area (TPSA) is 40.6 Å². The van der Waals surface area contributed by atoms with Gasteiger partial charge in [-0.05, 0) is 29.7 Å². The van der Waals surface area contributed by atoms with E-state index < -0.39 is 0 Å². The number of amides is 2.